The van der Waals surface area contributed by atoms with Crippen LogP contribution in [-0.4, -0.2) is 36.5 Å². The molecule has 0 N–H and O–H groups in total. The van der Waals surface area contributed by atoms with Crippen LogP contribution >= 0.6 is 0 Å². The maximum absolute atomic E-state index is 13.2. The highest BCUT2D eigenvalue weighted by Crippen LogP contribution is 2.47. The van der Waals surface area contributed by atoms with Crippen molar-refractivity contribution in [3.63, 3.8) is 0 Å². The van der Waals surface area contributed by atoms with Crippen molar-refractivity contribution >= 4 is 11.6 Å². The highest BCUT2D eigenvalue weighted by Gasteiger charge is 2.41. The van der Waals surface area contributed by atoms with E-state index in [2.05, 4.69) is 24.8 Å². The molecule has 0 bridgehead atoms. The predicted molar refractivity (Wildman–Crippen MR) is 116 cm³/mol. The summed E-state index contributed by atoms with van der Waals surface area (Å²) >= 11 is 0. The molecule has 2 aliphatic rings. The molecule has 1 aliphatic heterocycles. The lowest BCUT2D eigenvalue weighted by molar-refractivity contribution is 0.0986. The quantitative estimate of drug-likeness (QED) is 0.717. The number of hydrogen-bond acceptors (Lipinski definition) is 3. The van der Waals surface area contributed by atoms with Crippen LogP contribution in [0.15, 0.2) is 42.5 Å². The lowest BCUT2D eigenvalue weighted by atomic mass is 9.79. The van der Waals surface area contributed by atoms with Gasteiger partial charge in [0.15, 0.2) is 0 Å². The minimum absolute atomic E-state index is 0.0578. The second-order valence-electron chi connectivity index (χ2n) is 8.24. The van der Waals surface area contributed by atoms with Crippen LogP contribution in [0.25, 0.3) is 0 Å². The summed E-state index contributed by atoms with van der Waals surface area (Å²) in [4.78, 5) is 17.8. The van der Waals surface area contributed by atoms with Crippen LogP contribution in [0.5, 0.6) is 0 Å². The SMILES string of the molecule is CCCN(CCC)[C@@H]1Cc2c([14C]#N)ccc3c2[C@@H](C1)CN3C(=O)c1ccccc1. The largest absolute Gasteiger partial charge is 0.307 e. The van der Waals surface area contributed by atoms with Gasteiger partial charge in [-0.2, -0.15) is 5.26 Å². The lowest BCUT2D eigenvalue weighted by Gasteiger charge is -2.37. The van der Waals surface area contributed by atoms with Crippen molar-refractivity contribution in [2.75, 3.05) is 24.5 Å². The van der Waals surface area contributed by atoms with Gasteiger partial charge in [-0.25, -0.2) is 0 Å². The molecule has 0 spiro atoms. The molecule has 2 aromatic carbocycles. The van der Waals surface area contributed by atoms with Crippen LogP contribution in [-0.2, 0) is 6.42 Å². The van der Waals surface area contributed by atoms with Crippen molar-refractivity contribution in [3.05, 3.63) is 64.7 Å². The zero-order chi connectivity index (χ0) is 20.4. The minimum atomic E-state index is 0.0578. The van der Waals surface area contributed by atoms with Gasteiger partial charge in [-0.15, -0.1) is 0 Å². The second-order valence-corrected chi connectivity index (χ2v) is 8.24. The molecular weight excluding hydrogens is 360 g/mol. The Morgan fingerprint density at radius 3 is 2.52 bits per heavy atom. The van der Waals surface area contributed by atoms with Gasteiger partial charge in [0, 0.05) is 29.8 Å². The number of nitrogens with zero attached hydrogens (tertiary/aromatic N) is 3. The fourth-order valence-electron chi connectivity index (χ4n) is 5.18. The average Bonchev–Trinajstić information content (AvgIpc) is 3.13. The Morgan fingerprint density at radius 1 is 1.14 bits per heavy atom. The third-order valence-corrected chi connectivity index (χ3v) is 6.36. The molecule has 2 aromatic rings. The van der Waals surface area contributed by atoms with Gasteiger partial charge >= 0.3 is 0 Å². The number of amides is 1. The van der Waals surface area contributed by atoms with Crippen LogP contribution in [0.4, 0.5) is 5.69 Å². The highest BCUT2D eigenvalue weighted by atomic mass is 16.2. The van der Waals surface area contributed by atoms with Gasteiger partial charge in [-0.3, -0.25) is 4.79 Å². The molecule has 0 saturated carbocycles. The minimum Gasteiger partial charge on any atom is -0.307 e. The van der Waals surface area contributed by atoms with Crippen LogP contribution in [0.3, 0.4) is 0 Å². The monoisotopic (exact) mass is 389 g/mol. The first-order valence-electron chi connectivity index (χ1n) is 10.8. The van der Waals surface area contributed by atoms with Gasteiger partial charge in [0.05, 0.1) is 11.6 Å². The van der Waals surface area contributed by atoms with Crippen molar-refractivity contribution in [3.8, 4) is 6.07 Å². The van der Waals surface area contributed by atoms with E-state index in [1.807, 2.05) is 47.4 Å². The molecule has 0 fully saturated rings. The summed E-state index contributed by atoms with van der Waals surface area (Å²) in [6, 6.07) is 16.3. The Morgan fingerprint density at radius 2 is 1.86 bits per heavy atom. The number of anilines is 1. The van der Waals surface area contributed by atoms with E-state index >= 15 is 0 Å². The first kappa shape index (κ1) is 19.7. The molecule has 2 atom stereocenters. The molecule has 0 radical (unpaired) electrons. The summed E-state index contributed by atoms with van der Waals surface area (Å²) in [6.07, 6.45) is 4.25. The Bertz CT molecular complexity index is 925. The van der Waals surface area contributed by atoms with Crippen LogP contribution < -0.4 is 4.90 Å². The zero-order valence-electron chi connectivity index (χ0n) is 17.4. The molecule has 4 nitrogen and oxygen atoms in total. The van der Waals surface area contributed by atoms with Gasteiger partial charge in [0.25, 0.3) is 5.91 Å². The van der Waals surface area contributed by atoms with Crippen LogP contribution in [0, 0.1) is 11.3 Å². The number of carbonyl (C=O) groups excluding carboxylic acids is 1. The summed E-state index contributed by atoms with van der Waals surface area (Å²) in [7, 11) is 0. The van der Waals surface area contributed by atoms with Crippen molar-refractivity contribution < 1.29 is 4.79 Å². The second kappa shape index (κ2) is 8.39. The van der Waals surface area contributed by atoms with Gasteiger partial charge < -0.3 is 9.80 Å². The van der Waals surface area contributed by atoms with E-state index in [0.29, 0.717) is 18.5 Å². The topological polar surface area (TPSA) is 47.3 Å². The molecule has 1 heterocycles. The standard InChI is InChI=1S/C25H29N3O/c1-3-12-27(13-4-2)21-14-20-17-28(25(29)18-8-6-5-7-9-18)23-11-10-19(16-26)22(15-21)24(20)23/h5-11,20-21H,3-4,12-15,17H2,1-2H3/t20-,21-/m0/s1/i16+2. The maximum atomic E-state index is 13.2. The molecule has 0 aromatic heterocycles. The Balaban J connectivity index is 1.70. The third-order valence-electron chi connectivity index (χ3n) is 6.36. The first-order valence-corrected chi connectivity index (χ1v) is 10.8. The average molecular weight is 390 g/mol. The molecule has 4 rings (SSSR count). The van der Waals surface area contributed by atoms with Crippen molar-refractivity contribution in [1.82, 2.24) is 4.90 Å². The van der Waals surface area contributed by atoms with E-state index < -0.39 is 0 Å². The predicted octanol–water partition coefficient (Wildman–Crippen LogP) is 4.74. The molecule has 0 saturated heterocycles. The van der Waals surface area contributed by atoms with E-state index in [4.69, 9.17) is 0 Å². The first-order chi connectivity index (χ1) is 14.2. The summed E-state index contributed by atoms with van der Waals surface area (Å²) in [5.41, 5.74) is 4.93. The fourth-order valence-corrected chi connectivity index (χ4v) is 5.18. The van der Waals surface area contributed by atoms with Gasteiger partial charge in [-0.1, -0.05) is 32.0 Å². The summed E-state index contributed by atoms with van der Waals surface area (Å²) in [5.74, 6) is 0.373. The smallest absolute Gasteiger partial charge is 0.258 e. The number of hydrogen-bond donors (Lipinski definition) is 0. The number of nitriles is 1. The molecular formula is C25H29N3O. The van der Waals surface area contributed by atoms with E-state index in [1.165, 1.54) is 11.1 Å². The molecule has 0 unspecified atom stereocenters. The van der Waals surface area contributed by atoms with Gasteiger partial charge in [-0.05, 0) is 74.2 Å². The summed E-state index contributed by atoms with van der Waals surface area (Å²) < 4.78 is 0. The lowest BCUT2D eigenvalue weighted by Crippen LogP contribution is -2.42. The number of benzene rings is 2. The van der Waals surface area contributed by atoms with E-state index in [1.54, 1.807) is 0 Å². The van der Waals surface area contributed by atoms with E-state index in [0.717, 1.165) is 55.6 Å². The van der Waals surface area contributed by atoms with Crippen molar-refractivity contribution in [1.29, 1.82) is 5.26 Å². The third kappa shape index (κ3) is 3.56. The number of rotatable bonds is 6. The Labute approximate surface area is 173 Å². The Hall–Kier alpha value is -2.64. The van der Waals surface area contributed by atoms with Crippen LogP contribution in [0.1, 0.15) is 66.1 Å². The maximum Gasteiger partial charge on any atom is 0.258 e. The number of carbonyl (C=O) groups is 1. The van der Waals surface area contributed by atoms with Gasteiger partial charge in [0.2, 0.25) is 0 Å². The van der Waals surface area contributed by atoms with Crippen LogP contribution in [0.2, 0.25) is 0 Å². The van der Waals surface area contributed by atoms with Crippen molar-refractivity contribution in [2.45, 2.75) is 51.5 Å². The van der Waals surface area contributed by atoms with Gasteiger partial charge in [0.1, 0.15) is 0 Å². The molecule has 1 aliphatic carbocycles. The summed E-state index contributed by atoms with van der Waals surface area (Å²) in [5, 5.41) is 9.73. The van der Waals surface area contributed by atoms with E-state index in [-0.39, 0.29) is 5.91 Å². The molecule has 29 heavy (non-hydrogen) atoms. The highest BCUT2D eigenvalue weighted by molar-refractivity contribution is 6.07. The van der Waals surface area contributed by atoms with E-state index in [9.17, 15) is 10.1 Å². The Kier molecular flexibility index (Phi) is 5.69. The van der Waals surface area contributed by atoms with Crippen molar-refractivity contribution in [2.24, 2.45) is 0 Å². The fraction of sp³-hybridized carbons (Fsp3) is 0.440. The summed E-state index contributed by atoms with van der Waals surface area (Å²) in [6.45, 7) is 7.36. The molecule has 1 amide bonds. The normalized spacial score (nSPS) is 19.9. The molecule has 4 heteroatoms. The molecule has 150 valence electrons. The zero-order valence-corrected chi connectivity index (χ0v) is 17.4.